The molecule has 0 atom stereocenters. The Kier molecular flexibility index (Phi) is 7.13. The van der Waals surface area contributed by atoms with Crippen LogP contribution >= 0.6 is 11.6 Å². The van der Waals surface area contributed by atoms with Crippen molar-refractivity contribution < 1.29 is 19.2 Å². The SMILES string of the molecule is CCOc1ccc(/C=N/NC(=O)c2ccc(Cl)c([N+](=O)[O-])c2)cc1OCC. The third-order valence-corrected chi connectivity index (χ3v) is 3.67. The molecule has 1 N–H and O–H groups in total. The van der Waals surface area contributed by atoms with E-state index < -0.39 is 10.8 Å². The fourth-order valence-corrected chi connectivity index (χ4v) is 2.36. The lowest BCUT2D eigenvalue weighted by Gasteiger charge is -2.11. The van der Waals surface area contributed by atoms with Crippen LogP contribution in [0.3, 0.4) is 0 Å². The molecule has 0 spiro atoms. The smallest absolute Gasteiger partial charge is 0.288 e. The Morgan fingerprint density at radius 1 is 1.19 bits per heavy atom. The van der Waals surface area contributed by atoms with E-state index in [1.807, 2.05) is 13.8 Å². The maximum absolute atomic E-state index is 12.1. The molecule has 0 aliphatic carbocycles. The first-order valence-corrected chi connectivity index (χ1v) is 8.51. The Labute approximate surface area is 160 Å². The highest BCUT2D eigenvalue weighted by molar-refractivity contribution is 6.32. The summed E-state index contributed by atoms with van der Waals surface area (Å²) in [5.74, 6) is 0.596. The molecule has 0 unspecified atom stereocenters. The number of ether oxygens (including phenoxy) is 2. The Morgan fingerprint density at radius 2 is 1.89 bits per heavy atom. The molecule has 27 heavy (non-hydrogen) atoms. The zero-order valence-corrected chi connectivity index (χ0v) is 15.5. The summed E-state index contributed by atoms with van der Waals surface area (Å²) in [5, 5.41) is 14.7. The number of nitro benzene ring substituents is 1. The van der Waals surface area contributed by atoms with Gasteiger partial charge in [0.25, 0.3) is 11.6 Å². The maximum atomic E-state index is 12.1. The van der Waals surface area contributed by atoms with Gasteiger partial charge >= 0.3 is 0 Å². The lowest BCUT2D eigenvalue weighted by atomic mass is 10.2. The molecule has 8 nitrogen and oxygen atoms in total. The lowest BCUT2D eigenvalue weighted by molar-refractivity contribution is -0.384. The third-order valence-electron chi connectivity index (χ3n) is 3.35. The predicted octanol–water partition coefficient (Wildman–Crippen LogP) is 3.81. The van der Waals surface area contributed by atoms with Crippen molar-refractivity contribution in [3.63, 3.8) is 0 Å². The molecule has 0 heterocycles. The van der Waals surface area contributed by atoms with Crippen LogP contribution in [0.4, 0.5) is 5.69 Å². The monoisotopic (exact) mass is 391 g/mol. The number of hydrazone groups is 1. The average molecular weight is 392 g/mol. The van der Waals surface area contributed by atoms with Crippen LogP contribution in [0.15, 0.2) is 41.5 Å². The van der Waals surface area contributed by atoms with Crippen LogP contribution in [0, 0.1) is 10.1 Å². The van der Waals surface area contributed by atoms with Gasteiger partial charge in [-0.15, -0.1) is 0 Å². The van der Waals surface area contributed by atoms with Crippen LogP contribution < -0.4 is 14.9 Å². The van der Waals surface area contributed by atoms with Crippen LogP contribution in [-0.4, -0.2) is 30.3 Å². The summed E-state index contributed by atoms with van der Waals surface area (Å²) in [6.45, 7) is 4.73. The molecular formula is C18H18ClN3O5. The first-order chi connectivity index (χ1) is 13.0. The van der Waals surface area contributed by atoms with E-state index in [9.17, 15) is 14.9 Å². The van der Waals surface area contributed by atoms with E-state index in [1.165, 1.54) is 18.3 Å². The van der Waals surface area contributed by atoms with Gasteiger partial charge in [-0.05, 0) is 49.7 Å². The Balaban J connectivity index is 2.10. The molecule has 0 saturated heterocycles. The molecule has 142 valence electrons. The number of hydrogen-bond donors (Lipinski definition) is 1. The van der Waals surface area contributed by atoms with E-state index in [2.05, 4.69) is 10.5 Å². The molecule has 0 bridgehead atoms. The van der Waals surface area contributed by atoms with Crippen LogP contribution in [0.2, 0.25) is 5.02 Å². The fourth-order valence-electron chi connectivity index (χ4n) is 2.17. The second kappa shape index (κ2) is 9.54. The average Bonchev–Trinajstić information content (AvgIpc) is 2.64. The van der Waals surface area contributed by atoms with Crippen LogP contribution in [0.5, 0.6) is 11.5 Å². The van der Waals surface area contributed by atoms with Gasteiger partial charge in [0.05, 0.1) is 24.4 Å². The molecule has 2 aromatic rings. The highest BCUT2D eigenvalue weighted by Crippen LogP contribution is 2.28. The second-order valence-electron chi connectivity index (χ2n) is 5.19. The van der Waals surface area contributed by atoms with Crippen LogP contribution in [0.25, 0.3) is 0 Å². The van der Waals surface area contributed by atoms with Gasteiger partial charge in [0, 0.05) is 11.6 Å². The van der Waals surface area contributed by atoms with E-state index in [1.54, 1.807) is 18.2 Å². The normalized spacial score (nSPS) is 10.6. The standard InChI is InChI=1S/C18H18ClN3O5/c1-3-26-16-8-5-12(9-17(16)27-4-2)11-20-21-18(23)13-6-7-14(19)15(10-13)22(24)25/h5-11H,3-4H2,1-2H3,(H,21,23)/b20-11+. The minimum atomic E-state index is -0.655. The first-order valence-electron chi connectivity index (χ1n) is 8.13. The summed E-state index contributed by atoms with van der Waals surface area (Å²) < 4.78 is 11.0. The molecule has 0 aliphatic heterocycles. The number of benzene rings is 2. The van der Waals surface area contributed by atoms with Gasteiger partial charge in [-0.2, -0.15) is 5.10 Å². The lowest BCUT2D eigenvalue weighted by Crippen LogP contribution is -2.17. The summed E-state index contributed by atoms with van der Waals surface area (Å²) in [6, 6.07) is 9.01. The summed E-state index contributed by atoms with van der Waals surface area (Å²) in [6.07, 6.45) is 1.43. The Morgan fingerprint density at radius 3 is 2.56 bits per heavy atom. The quantitative estimate of drug-likeness (QED) is 0.418. The van der Waals surface area contributed by atoms with Crippen molar-refractivity contribution in [2.75, 3.05) is 13.2 Å². The van der Waals surface area contributed by atoms with Crippen LogP contribution in [-0.2, 0) is 0 Å². The number of hydrogen-bond acceptors (Lipinski definition) is 6. The summed E-state index contributed by atoms with van der Waals surface area (Å²) >= 11 is 5.73. The van der Waals surface area contributed by atoms with E-state index in [4.69, 9.17) is 21.1 Å². The van der Waals surface area contributed by atoms with Crippen molar-refractivity contribution in [2.24, 2.45) is 5.10 Å². The largest absolute Gasteiger partial charge is 0.490 e. The van der Waals surface area contributed by atoms with Crippen LogP contribution in [0.1, 0.15) is 29.8 Å². The maximum Gasteiger partial charge on any atom is 0.288 e. The minimum absolute atomic E-state index is 0.0436. The van der Waals surface area contributed by atoms with Crippen molar-refractivity contribution >= 4 is 29.4 Å². The summed E-state index contributed by atoms with van der Waals surface area (Å²) in [5.41, 5.74) is 2.73. The first kappa shape index (κ1) is 20.2. The van der Waals surface area contributed by atoms with Crippen molar-refractivity contribution in [1.29, 1.82) is 0 Å². The number of halogens is 1. The molecule has 0 aromatic heterocycles. The molecule has 9 heteroatoms. The van der Waals surface area contributed by atoms with E-state index >= 15 is 0 Å². The number of carbonyl (C=O) groups excluding carboxylic acids is 1. The van der Waals surface area contributed by atoms with Gasteiger partial charge in [-0.1, -0.05) is 11.6 Å². The molecule has 0 saturated carbocycles. The summed E-state index contributed by atoms with van der Waals surface area (Å²) in [4.78, 5) is 22.3. The molecule has 0 radical (unpaired) electrons. The number of rotatable bonds is 8. The topological polar surface area (TPSA) is 103 Å². The van der Waals surface area contributed by atoms with Gasteiger partial charge in [-0.3, -0.25) is 14.9 Å². The Hall–Kier alpha value is -3.13. The molecule has 2 aromatic carbocycles. The van der Waals surface area contributed by atoms with Gasteiger partial charge in [0.15, 0.2) is 11.5 Å². The molecule has 0 aliphatic rings. The zero-order valence-electron chi connectivity index (χ0n) is 14.8. The molecule has 0 fully saturated rings. The molecule has 2 rings (SSSR count). The van der Waals surface area contributed by atoms with Gasteiger partial charge in [0.1, 0.15) is 5.02 Å². The van der Waals surface area contributed by atoms with Crippen molar-refractivity contribution in [1.82, 2.24) is 5.43 Å². The highest BCUT2D eigenvalue weighted by Gasteiger charge is 2.16. The highest BCUT2D eigenvalue weighted by atomic mass is 35.5. The summed E-state index contributed by atoms with van der Waals surface area (Å²) in [7, 11) is 0. The Bertz CT molecular complexity index is 870. The van der Waals surface area contributed by atoms with Gasteiger partial charge in [0.2, 0.25) is 0 Å². The molecule has 1 amide bonds. The van der Waals surface area contributed by atoms with E-state index in [0.29, 0.717) is 30.3 Å². The third kappa shape index (κ3) is 5.42. The van der Waals surface area contributed by atoms with E-state index in [0.717, 1.165) is 6.07 Å². The van der Waals surface area contributed by atoms with Gasteiger partial charge in [-0.25, -0.2) is 5.43 Å². The predicted molar refractivity (Wildman–Crippen MR) is 102 cm³/mol. The number of carbonyl (C=O) groups is 1. The number of nitrogens with one attached hydrogen (secondary N) is 1. The zero-order chi connectivity index (χ0) is 19.8. The van der Waals surface area contributed by atoms with Crippen molar-refractivity contribution in [2.45, 2.75) is 13.8 Å². The van der Waals surface area contributed by atoms with E-state index in [-0.39, 0.29) is 16.3 Å². The second-order valence-corrected chi connectivity index (χ2v) is 5.60. The number of nitrogens with zero attached hydrogens (tertiary/aromatic N) is 2. The van der Waals surface area contributed by atoms with Crippen molar-refractivity contribution in [3.05, 3.63) is 62.7 Å². The minimum Gasteiger partial charge on any atom is -0.490 e. The number of amides is 1. The van der Waals surface area contributed by atoms with Gasteiger partial charge < -0.3 is 9.47 Å². The van der Waals surface area contributed by atoms with Crippen molar-refractivity contribution in [3.8, 4) is 11.5 Å². The fraction of sp³-hybridized carbons (Fsp3) is 0.222. The molecular weight excluding hydrogens is 374 g/mol. The number of nitro groups is 1.